The highest BCUT2D eigenvalue weighted by molar-refractivity contribution is 5.96. The minimum absolute atomic E-state index is 0.193. The summed E-state index contributed by atoms with van der Waals surface area (Å²) in [5.74, 6) is -2.50. The van der Waals surface area contributed by atoms with E-state index >= 15 is 0 Å². The Labute approximate surface area is 128 Å². The van der Waals surface area contributed by atoms with Gasteiger partial charge >= 0.3 is 5.97 Å². The Morgan fingerprint density at radius 3 is 2.23 bits per heavy atom. The zero-order valence-corrected chi connectivity index (χ0v) is 12.5. The topological polar surface area (TPSA) is 95.5 Å². The van der Waals surface area contributed by atoms with Crippen molar-refractivity contribution in [2.75, 3.05) is 10.6 Å². The summed E-state index contributed by atoms with van der Waals surface area (Å²) in [7, 11) is 0. The maximum absolute atomic E-state index is 12.4. The summed E-state index contributed by atoms with van der Waals surface area (Å²) in [6.45, 7) is 1.41. The van der Waals surface area contributed by atoms with Gasteiger partial charge in [0.25, 0.3) is 0 Å². The Morgan fingerprint density at radius 1 is 1.05 bits per heavy atom. The monoisotopic (exact) mass is 304 g/mol. The molecular weight excluding hydrogens is 284 g/mol. The third kappa shape index (κ3) is 4.07. The van der Waals surface area contributed by atoms with Gasteiger partial charge in [-0.15, -0.1) is 0 Å². The van der Waals surface area contributed by atoms with Crippen molar-refractivity contribution in [2.24, 2.45) is 11.8 Å². The van der Waals surface area contributed by atoms with Gasteiger partial charge in [-0.25, -0.2) is 0 Å². The van der Waals surface area contributed by atoms with Crippen LogP contribution in [0.25, 0.3) is 0 Å². The molecule has 1 saturated carbocycles. The van der Waals surface area contributed by atoms with E-state index in [4.69, 9.17) is 0 Å². The number of hydrogen-bond acceptors (Lipinski definition) is 3. The van der Waals surface area contributed by atoms with Crippen molar-refractivity contribution in [1.29, 1.82) is 0 Å². The highest BCUT2D eigenvalue weighted by atomic mass is 16.4. The van der Waals surface area contributed by atoms with Crippen LogP contribution >= 0.6 is 0 Å². The lowest BCUT2D eigenvalue weighted by Crippen LogP contribution is -2.36. The smallest absolute Gasteiger partial charge is 0.307 e. The molecule has 1 aliphatic rings. The van der Waals surface area contributed by atoms with Crippen molar-refractivity contribution in [2.45, 2.75) is 32.6 Å². The third-order valence-electron chi connectivity index (χ3n) is 3.87. The van der Waals surface area contributed by atoms with Crippen LogP contribution in [-0.4, -0.2) is 22.9 Å². The molecule has 3 N–H and O–H groups in total. The lowest BCUT2D eigenvalue weighted by molar-refractivity contribution is -0.147. The van der Waals surface area contributed by atoms with Gasteiger partial charge in [-0.1, -0.05) is 18.9 Å². The maximum atomic E-state index is 12.4. The molecule has 0 aromatic heterocycles. The normalized spacial score (nSPS) is 21.0. The van der Waals surface area contributed by atoms with Crippen molar-refractivity contribution in [3.8, 4) is 0 Å². The molecule has 1 aromatic rings. The maximum Gasteiger partial charge on any atom is 0.307 e. The minimum atomic E-state index is -0.910. The molecule has 22 heavy (non-hydrogen) atoms. The first-order chi connectivity index (χ1) is 10.5. The molecule has 1 fully saturated rings. The van der Waals surface area contributed by atoms with Gasteiger partial charge in [0.05, 0.1) is 11.8 Å². The second kappa shape index (κ2) is 7.06. The van der Waals surface area contributed by atoms with Crippen LogP contribution in [0, 0.1) is 11.8 Å². The Balaban J connectivity index is 2.07. The molecule has 2 rings (SSSR count). The van der Waals surface area contributed by atoms with E-state index in [1.165, 1.54) is 6.92 Å². The predicted octanol–water partition coefficient (Wildman–Crippen LogP) is 2.47. The summed E-state index contributed by atoms with van der Waals surface area (Å²) >= 11 is 0. The molecule has 2 atom stereocenters. The quantitative estimate of drug-likeness (QED) is 0.796. The largest absolute Gasteiger partial charge is 0.481 e. The van der Waals surface area contributed by atoms with Crippen LogP contribution < -0.4 is 10.6 Å². The van der Waals surface area contributed by atoms with Gasteiger partial charge in [0.1, 0.15) is 0 Å². The lowest BCUT2D eigenvalue weighted by atomic mass is 9.78. The fourth-order valence-corrected chi connectivity index (χ4v) is 2.85. The molecule has 0 saturated heterocycles. The van der Waals surface area contributed by atoms with E-state index in [1.54, 1.807) is 24.3 Å². The second-order valence-electron chi connectivity index (χ2n) is 5.59. The van der Waals surface area contributed by atoms with E-state index in [1.807, 2.05) is 0 Å². The molecule has 0 unspecified atom stereocenters. The van der Waals surface area contributed by atoms with E-state index < -0.39 is 17.8 Å². The molecule has 1 aliphatic carbocycles. The Hall–Kier alpha value is -2.37. The van der Waals surface area contributed by atoms with Crippen molar-refractivity contribution in [1.82, 2.24) is 0 Å². The van der Waals surface area contributed by atoms with Crippen molar-refractivity contribution >= 4 is 29.2 Å². The predicted molar refractivity (Wildman–Crippen MR) is 82.5 cm³/mol. The van der Waals surface area contributed by atoms with Crippen LogP contribution in [-0.2, 0) is 14.4 Å². The van der Waals surface area contributed by atoms with E-state index in [0.29, 0.717) is 24.2 Å². The van der Waals surface area contributed by atoms with Gasteiger partial charge in [-0.2, -0.15) is 0 Å². The fourth-order valence-electron chi connectivity index (χ4n) is 2.85. The number of aliphatic carboxylic acids is 1. The zero-order chi connectivity index (χ0) is 16.1. The van der Waals surface area contributed by atoms with Crippen LogP contribution in [0.2, 0.25) is 0 Å². The standard InChI is InChI=1S/C16H20N2O4/c1-10(19)17-11-5-4-6-12(9-11)18-15(20)13-7-2-3-8-14(13)16(21)22/h4-6,9,13-14H,2-3,7-8H2,1H3,(H,17,19)(H,18,20)(H,21,22)/t13-,14+/m0/s1. The van der Waals surface area contributed by atoms with Gasteiger partial charge in [-0.05, 0) is 31.0 Å². The molecule has 0 aliphatic heterocycles. The molecule has 6 heteroatoms. The number of nitrogens with one attached hydrogen (secondary N) is 2. The number of rotatable bonds is 4. The average Bonchev–Trinajstić information content (AvgIpc) is 2.46. The molecule has 6 nitrogen and oxygen atoms in total. The summed E-state index contributed by atoms with van der Waals surface area (Å²) in [6.07, 6.45) is 2.85. The molecular formula is C16H20N2O4. The van der Waals surface area contributed by atoms with Gasteiger partial charge < -0.3 is 15.7 Å². The Morgan fingerprint density at radius 2 is 1.64 bits per heavy atom. The fraction of sp³-hybridized carbons (Fsp3) is 0.438. The summed E-state index contributed by atoms with van der Waals surface area (Å²) in [6, 6.07) is 6.80. The zero-order valence-electron chi connectivity index (χ0n) is 12.5. The van der Waals surface area contributed by atoms with Gasteiger partial charge in [0.15, 0.2) is 0 Å². The van der Waals surface area contributed by atoms with E-state index in [-0.39, 0.29) is 11.8 Å². The number of benzene rings is 1. The SMILES string of the molecule is CC(=O)Nc1cccc(NC(=O)[C@H]2CCCC[C@H]2C(=O)O)c1. The van der Waals surface area contributed by atoms with Crippen LogP contribution in [0.3, 0.4) is 0 Å². The molecule has 0 radical (unpaired) electrons. The number of anilines is 2. The summed E-state index contributed by atoms with van der Waals surface area (Å²) in [4.78, 5) is 34.7. The molecule has 1 aromatic carbocycles. The van der Waals surface area contributed by atoms with Crippen LogP contribution in [0.4, 0.5) is 11.4 Å². The lowest BCUT2D eigenvalue weighted by Gasteiger charge is -2.27. The number of amides is 2. The van der Waals surface area contributed by atoms with Crippen molar-refractivity contribution < 1.29 is 19.5 Å². The first kappa shape index (κ1) is 16.0. The van der Waals surface area contributed by atoms with Gasteiger partial charge in [0.2, 0.25) is 11.8 Å². The van der Waals surface area contributed by atoms with Crippen LogP contribution in [0.1, 0.15) is 32.6 Å². The van der Waals surface area contributed by atoms with Crippen molar-refractivity contribution in [3.05, 3.63) is 24.3 Å². The minimum Gasteiger partial charge on any atom is -0.481 e. The number of carboxylic acids is 1. The molecule has 118 valence electrons. The molecule has 0 heterocycles. The van der Waals surface area contributed by atoms with E-state index in [2.05, 4.69) is 10.6 Å². The number of carboxylic acid groups (broad SMARTS) is 1. The van der Waals surface area contributed by atoms with Gasteiger partial charge in [-0.3, -0.25) is 14.4 Å². The van der Waals surface area contributed by atoms with Gasteiger partial charge in [0, 0.05) is 18.3 Å². The summed E-state index contributed by atoms with van der Waals surface area (Å²) in [5, 5.41) is 14.6. The molecule has 2 amide bonds. The average molecular weight is 304 g/mol. The third-order valence-corrected chi connectivity index (χ3v) is 3.87. The highest BCUT2D eigenvalue weighted by Crippen LogP contribution is 2.31. The van der Waals surface area contributed by atoms with Crippen LogP contribution in [0.5, 0.6) is 0 Å². The highest BCUT2D eigenvalue weighted by Gasteiger charge is 2.35. The second-order valence-corrected chi connectivity index (χ2v) is 5.59. The number of carbonyl (C=O) groups is 3. The summed E-state index contributed by atoms with van der Waals surface area (Å²) < 4.78 is 0. The van der Waals surface area contributed by atoms with E-state index in [0.717, 1.165) is 12.8 Å². The molecule has 0 spiro atoms. The molecule has 0 bridgehead atoms. The Kier molecular flexibility index (Phi) is 5.14. The van der Waals surface area contributed by atoms with Crippen molar-refractivity contribution in [3.63, 3.8) is 0 Å². The first-order valence-electron chi connectivity index (χ1n) is 7.38. The summed E-state index contributed by atoms with van der Waals surface area (Å²) in [5.41, 5.74) is 1.13. The van der Waals surface area contributed by atoms with Crippen LogP contribution in [0.15, 0.2) is 24.3 Å². The van der Waals surface area contributed by atoms with E-state index in [9.17, 15) is 19.5 Å². The Bertz CT molecular complexity index is 585. The number of hydrogen-bond donors (Lipinski definition) is 3. The number of carbonyl (C=O) groups excluding carboxylic acids is 2. The first-order valence-corrected chi connectivity index (χ1v) is 7.38.